The van der Waals surface area contributed by atoms with E-state index >= 15 is 0 Å². The van der Waals surface area contributed by atoms with Gasteiger partial charge in [0.05, 0.1) is 13.7 Å². The van der Waals surface area contributed by atoms with Crippen LogP contribution < -0.4 is 9.47 Å². The van der Waals surface area contributed by atoms with Gasteiger partial charge in [-0.3, -0.25) is 4.90 Å². The van der Waals surface area contributed by atoms with Crippen LogP contribution in [0, 0.1) is 0 Å². The van der Waals surface area contributed by atoms with Crippen molar-refractivity contribution in [2.75, 3.05) is 66.1 Å². The molecule has 2 aliphatic rings. The molecule has 0 spiro atoms. The fourth-order valence-electron chi connectivity index (χ4n) is 4.17. The van der Waals surface area contributed by atoms with Gasteiger partial charge in [0.1, 0.15) is 12.7 Å². The maximum Gasteiger partial charge on any atom is 0.409 e. The largest absolute Gasteiger partial charge is 0.493 e. The zero-order chi connectivity index (χ0) is 22.1. The van der Waals surface area contributed by atoms with E-state index in [0.29, 0.717) is 37.7 Å². The minimum Gasteiger partial charge on any atom is -0.493 e. The number of hydrogen-bond donors (Lipinski definition) is 1. The Labute approximate surface area is 185 Å². The Hall–Kier alpha value is -2.03. The molecule has 2 heterocycles. The van der Waals surface area contributed by atoms with Crippen LogP contribution in [0.5, 0.6) is 11.5 Å². The van der Waals surface area contributed by atoms with Gasteiger partial charge < -0.3 is 29.1 Å². The van der Waals surface area contributed by atoms with Crippen LogP contribution in [-0.2, 0) is 11.3 Å². The maximum absolute atomic E-state index is 11.9. The minimum absolute atomic E-state index is 0.231. The number of rotatable bonds is 9. The highest BCUT2D eigenvalue weighted by Crippen LogP contribution is 2.29. The van der Waals surface area contributed by atoms with Gasteiger partial charge >= 0.3 is 6.09 Å². The molecule has 174 valence electrons. The maximum atomic E-state index is 11.9. The number of piperazine rings is 1. The molecule has 0 saturated carbocycles. The second kappa shape index (κ2) is 12.1. The van der Waals surface area contributed by atoms with E-state index < -0.39 is 6.10 Å². The van der Waals surface area contributed by atoms with Gasteiger partial charge in [0, 0.05) is 39.3 Å². The van der Waals surface area contributed by atoms with Crippen LogP contribution in [0.4, 0.5) is 4.79 Å². The van der Waals surface area contributed by atoms with Gasteiger partial charge in [0.25, 0.3) is 0 Å². The average molecular weight is 436 g/mol. The topological polar surface area (TPSA) is 74.7 Å². The number of piperidine rings is 1. The van der Waals surface area contributed by atoms with Crippen LogP contribution in [0.15, 0.2) is 18.2 Å². The summed E-state index contributed by atoms with van der Waals surface area (Å²) in [5.74, 6) is 1.32. The van der Waals surface area contributed by atoms with Crippen molar-refractivity contribution < 1.29 is 24.1 Å². The monoisotopic (exact) mass is 435 g/mol. The van der Waals surface area contributed by atoms with Gasteiger partial charge in [0.2, 0.25) is 0 Å². The number of β-amino-alcohol motifs (C(OH)–C–C–N with tert-alkyl or cyclic N) is 1. The zero-order valence-corrected chi connectivity index (χ0v) is 18.9. The number of methoxy groups -OCH3 is 1. The Kier molecular flexibility index (Phi) is 9.24. The summed E-state index contributed by atoms with van der Waals surface area (Å²) in [5.41, 5.74) is 1.12. The summed E-state index contributed by atoms with van der Waals surface area (Å²) in [5, 5.41) is 10.4. The smallest absolute Gasteiger partial charge is 0.409 e. The third-order valence-corrected chi connectivity index (χ3v) is 5.88. The Morgan fingerprint density at radius 2 is 1.77 bits per heavy atom. The van der Waals surface area contributed by atoms with E-state index in [2.05, 4.69) is 9.80 Å². The quantitative estimate of drug-likeness (QED) is 0.637. The lowest BCUT2D eigenvalue weighted by Gasteiger charge is -2.34. The molecule has 31 heavy (non-hydrogen) atoms. The number of nitrogens with zero attached hydrogens (tertiary/aromatic N) is 3. The molecule has 2 aliphatic heterocycles. The summed E-state index contributed by atoms with van der Waals surface area (Å²) in [4.78, 5) is 18.2. The third-order valence-electron chi connectivity index (χ3n) is 5.88. The summed E-state index contributed by atoms with van der Waals surface area (Å²) in [7, 11) is 1.63. The lowest BCUT2D eigenvalue weighted by Crippen LogP contribution is -2.48. The van der Waals surface area contributed by atoms with E-state index in [9.17, 15) is 9.90 Å². The van der Waals surface area contributed by atoms with Crippen molar-refractivity contribution in [1.82, 2.24) is 14.7 Å². The molecule has 8 nitrogen and oxygen atoms in total. The predicted octanol–water partition coefficient (Wildman–Crippen LogP) is 2.19. The SMILES string of the molecule is CCOC(=O)N1CCN(Cc2ccc(OC)c(OC[C@@H](O)CN3CCCCC3)c2)CC1. The molecule has 8 heteroatoms. The van der Waals surface area contributed by atoms with E-state index in [1.54, 1.807) is 12.0 Å². The standard InChI is InChI=1S/C23H37N3O5/c1-3-30-23(28)26-13-11-25(12-14-26)16-19-7-8-21(29-2)22(15-19)31-18-20(27)17-24-9-5-4-6-10-24/h7-8,15,20,27H,3-6,9-14,16-18H2,1-2H3/t20-/m0/s1. The highest BCUT2D eigenvalue weighted by atomic mass is 16.6. The Balaban J connectivity index is 1.50. The molecule has 2 fully saturated rings. The van der Waals surface area contributed by atoms with Crippen LogP contribution in [0.3, 0.4) is 0 Å². The molecule has 0 aliphatic carbocycles. The van der Waals surface area contributed by atoms with E-state index in [1.165, 1.54) is 19.3 Å². The van der Waals surface area contributed by atoms with Gasteiger partial charge in [0.15, 0.2) is 11.5 Å². The number of benzene rings is 1. The van der Waals surface area contributed by atoms with Crippen LogP contribution in [0.25, 0.3) is 0 Å². The zero-order valence-electron chi connectivity index (χ0n) is 18.9. The van der Waals surface area contributed by atoms with Crippen molar-refractivity contribution in [3.8, 4) is 11.5 Å². The highest BCUT2D eigenvalue weighted by Gasteiger charge is 2.22. The summed E-state index contributed by atoms with van der Waals surface area (Å²) >= 11 is 0. The van der Waals surface area contributed by atoms with E-state index in [1.807, 2.05) is 25.1 Å². The van der Waals surface area contributed by atoms with Crippen molar-refractivity contribution in [2.45, 2.75) is 38.8 Å². The number of carbonyl (C=O) groups is 1. The molecule has 1 amide bonds. The first kappa shape index (κ1) is 23.6. The first-order valence-electron chi connectivity index (χ1n) is 11.4. The van der Waals surface area contributed by atoms with E-state index in [-0.39, 0.29) is 12.7 Å². The fourth-order valence-corrected chi connectivity index (χ4v) is 4.17. The number of carbonyl (C=O) groups excluding carboxylic acids is 1. The van der Waals surface area contributed by atoms with Gasteiger partial charge in [-0.05, 0) is 50.6 Å². The first-order chi connectivity index (χ1) is 15.1. The van der Waals surface area contributed by atoms with Crippen molar-refractivity contribution in [1.29, 1.82) is 0 Å². The van der Waals surface area contributed by atoms with Gasteiger partial charge in [-0.15, -0.1) is 0 Å². The highest BCUT2D eigenvalue weighted by molar-refractivity contribution is 5.67. The Morgan fingerprint density at radius 3 is 2.45 bits per heavy atom. The van der Waals surface area contributed by atoms with Crippen molar-refractivity contribution >= 4 is 6.09 Å². The van der Waals surface area contributed by atoms with E-state index in [0.717, 1.165) is 38.3 Å². The molecular formula is C23H37N3O5. The molecule has 1 aromatic carbocycles. The molecule has 1 N–H and O–H groups in total. The lowest BCUT2D eigenvalue weighted by atomic mass is 10.1. The van der Waals surface area contributed by atoms with Crippen LogP contribution in [-0.4, -0.2) is 98.1 Å². The number of aliphatic hydroxyl groups is 1. The summed E-state index contributed by atoms with van der Waals surface area (Å²) in [6.45, 7) is 8.94. The second-order valence-corrected chi connectivity index (χ2v) is 8.27. The third kappa shape index (κ3) is 7.26. The van der Waals surface area contributed by atoms with E-state index in [4.69, 9.17) is 14.2 Å². The lowest BCUT2D eigenvalue weighted by molar-refractivity contribution is 0.0607. The summed E-state index contributed by atoms with van der Waals surface area (Å²) < 4.78 is 16.5. The Morgan fingerprint density at radius 1 is 1.03 bits per heavy atom. The fraction of sp³-hybridized carbons (Fsp3) is 0.696. The molecule has 1 aromatic rings. The molecule has 0 radical (unpaired) electrons. The Bertz CT molecular complexity index is 688. The number of likely N-dealkylation sites (tertiary alicyclic amines) is 1. The van der Waals surface area contributed by atoms with Crippen LogP contribution in [0.1, 0.15) is 31.7 Å². The predicted molar refractivity (Wildman–Crippen MR) is 119 cm³/mol. The molecule has 0 bridgehead atoms. The van der Waals surface area contributed by atoms with Crippen molar-refractivity contribution in [3.63, 3.8) is 0 Å². The normalized spacial score (nSPS) is 19.1. The van der Waals surface area contributed by atoms with Crippen molar-refractivity contribution in [3.05, 3.63) is 23.8 Å². The minimum atomic E-state index is -0.526. The van der Waals surface area contributed by atoms with Gasteiger partial charge in [-0.2, -0.15) is 0 Å². The summed E-state index contributed by atoms with van der Waals surface area (Å²) in [6.07, 6.45) is 2.94. The molecular weight excluding hydrogens is 398 g/mol. The number of amides is 1. The molecule has 1 atom stereocenters. The van der Waals surface area contributed by atoms with Crippen LogP contribution in [0.2, 0.25) is 0 Å². The first-order valence-corrected chi connectivity index (χ1v) is 11.4. The number of ether oxygens (including phenoxy) is 3. The molecule has 0 aromatic heterocycles. The average Bonchev–Trinajstić information content (AvgIpc) is 2.79. The summed E-state index contributed by atoms with van der Waals surface area (Å²) in [6, 6.07) is 5.94. The molecule has 2 saturated heterocycles. The molecule has 0 unspecified atom stereocenters. The molecule has 3 rings (SSSR count). The van der Waals surface area contributed by atoms with Gasteiger partial charge in [-0.25, -0.2) is 4.79 Å². The van der Waals surface area contributed by atoms with Crippen molar-refractivity contribution in [2.24, 2.45) is 0 Å². The van der Waals surface area contributed by atoms with Crippen LogP contribution >= 0.6 is 0 Å². The van der Waals surface area contributed by atoms with Gasteiger partial charge in [-0.1, -0.05) is 12.5 Å². The number of aliphatic hydroxyl groups excluding tert-OH is 1. The number of hydrogen-bond acceptors (Lipinski definition) is 7. The second-order valence-electron chi connectivity index (χ2n) is 8.27.